The molecule has 1 unspecified atom stereocenters. The molecule has 0 fully saturated rings. The van der Waals surface area contributed by atoms with E-state index in [0.717, 1.165) is 22.4 Å². The summed E-state index contributed by atoms with van der Waals surface area (Å²) in [5.74, 6) is 0.628. The van der Waals surface area contributed by atoms with Crippen LogP contribution in [0.15, 0.2) is 42.5 Å². The van der Waals surface area contributed by atoms with Crippen molar-refractivity contribution in [3.05, 3.63) is 65.2 Å². The molecule has 0 amide bonds. The summed E-state index contributed by atoms with van der Waals surface area (Å²) in [6, 6.07) is 12.9. The molecule has 0 aliphatic rings. The maximum atomic E-state index is 14.0. The monoisotopic (exact) mass is 283 g/mol. The van der Waals surface area contributed by atoms with Crippen LogP contribution < -0.4 is 5.73 Å². The van der Waals surface area contributed by atoms with Gasteiger partial charge in [-0.15, -0.1) is 0 Å². The number of rotatable bonds is 3. The van der Waals surface area contributed by atoms with Crippen LogP contribution in [0.3, 0.4) is 0 Å². The molecule has 4 heteroatoms. The molecule has 1 atom stereocenters. The predicted molar refractivity (Wildman–Crippen MR) is 82.5 cm³/mol. The molecule has 0 radical (unpaired) electrons. The van der Waals surface area contributed by atoms with E-state index in [9.17, 15) is 4.39 Å². The Kier molecular flexibility index (Phi) is 3.47. The summed E-state index contributed by atoms with van der Waals surface area (Å²) < 4.78 is 16.0. The van der Waals surface area contributed by atoms with E-state index in [1.54, 1.807) is 6.07 Å². The fourth-order valence-corrected chi connectivity index (χ4v) is 2.54. The summed E-state index contributed by atoms with van der Waals surface area (Å²) in [6.07, 6.45) is 0.456. The minimum Gasteiger partial charge on any atom is -0.331 e. The first-order valence-corrected chi connectivity index (χ1v) is 7.00. The van der Waals surface area contributed by atoms with Gasteiger partial charge in [0.25, 0.3) is 0 Å². The molecule has 0 spiro atoms. The van der Waals surface area contributed by atoms with Crippen molar-refractivity contribution in [1.29, 1.82) is 0 Å². The first-order chi connectivity index (χ1) is 10.1. The van der Waals surface area contributed by atoms with Gasteiger partial charge < -0.3 is 10.3 Å². The SMILES string of the molecule is CC(N)c1ccc(F)c(Cc2nc3ccccc3n2C)c1. The van der Waals surface area contributed by atoms with Gasteiger partial charge in [-0.2, -0.15) is 0 Å². The third-order valence-electron chi connectivity index (χ3n) is 3.82. The van der Waals surface area contributed by atoms with Crippen LogP contribution >= 0.6 is 0 Å². The number of fused-ring (bicyclic) bond motifs is 1. The van der Waals surface area contributed by atoms with Crippen LogP contribution in [-0.4, -0.2) is 9.55 Å². The second-order valence-electron chi connectivity index (χ2n) is 5.39. The molecule has 3 aromatic rings. The van der Waals surface area contributed by atoms with E-state index in [4.69, 9.17) is 5.73 Å². The van der Waals surface area contributed by atoms with Gasteiger partial charge in [-0.05, 0) is 36.2 Å². The molecule has 0 saturated heterocycles. The molecule has 2 aromatic carbocycles. The van der Waals surface area contributed by atoms with E-state index >= 15 is 0 Å². The third-order valence-corrected chi connectivity index (χ3v) is 3.82. The molecule has 1 heterocycles. The largest absolute Gasteiger partial charge is 0.331 e. The molecular formula is C17H18FN3. The zero-order chi connectivity index (χ0) is 15.0. The Morgan fingerprint density at radius 3 is 2.71 bits per heavy atom. The summed E-state index contributed by atoms with van der Waals surface area (Å²) in [6.45, 7) is 1.89. The fourth-order valence-electron chi connectivity index (χ4n) is 2.54. The third kappa shape index (κ3) is 2.54. The van der Waals surface area contributed by atoms with Gasteiger partial charge in [0.2, 0.25) is 0 Å². The first-order valence-electron chi connectivity index (χ1n) is 7.00. The number of aromatic nitrogens is 2. The molecule has 2 N–H and O–H groups in total. The fraction of sp³-hybridized carbons (Fsp3) is 0.235. The number of nitrogens with two attached hydrogens (primary N) is 1. The Labute approximate surface area is 123 Å². The standard InChI is InChI=1S/C17H18FN3/c1-11(19)12-7-8-14(18)13(9-12)10-17-20-15-5-3-4-6-16(15)21(17)2/h3-9,11H,10,19H2,1-2H3. The zero-order valence-corrected chi connectivity index (χ0v) is 12.2. The number of para-hydroxylation sites is 2. The highest BCUT2D eigenvalue weighted by atomic mass is 19.1. The van der Waals surface area contributed by atoms with Crippen molar-refractivity contribution in [2.45, 2.75) is 19.4 Å². The molecule has 1 aromatic heterocycles. The van der Waals surface area contributed by atoms with Gasteiger partial charge in [-0.25, -0.2) is 9.37 Å². The van der Waals surface area contributed by atoms with Gasteiger partial charge in [0.1, 0.15) is 11.6 Å². The highest BCUT2D eigenvalue weighted by molar-refractivity contribution is 5.75. The minimum absolute atomic E-state index is 0.107. The highest BCUT2D eigenvalue weighted by Gasteiger charge is 2.12. The topological polar surface area (TPSA) is 43.8 Å². The Bertz CT molecular complexity index is 790. The van der Waals surface area contributed by atoms with Crippen LogP contribution in [0, 0.1) is 5.82 Å². The molecular weight excluding hydrogens is 265 g/mol. The van der Waals surface area contributed by atoms with Gasteiger partial charge in [0.15, 0.2) is 0 Å². The number of hydrogen-bond donors (Lipinski definition) is 1. The van der Waals surface area contributed by atoms with Gasteiger partial charge in [0.05, 0.1) is 11.0 Å². The minimum atomic E-state index is -0.216. The number of benzene rings is 2. The van der Waals surface area contributed by atoms with Crippen LogP contribution in [0.1, 0.15) is 29.9 Å². The van der Waals surface area contributed by atoms with Crippen molar-refractivity contribution < 1.29 is 4.39 Å². The lowest BCUT2D eigenvalue weighted by Crippen LogP contribution is -2.07. The Morgan fingerprint density at radius 2 is 2.00 bits per heavy atom. The summed E-state index contributed by atoms with van der Waals surface area (Å²) in [5, 5.41) is 0. The van der Waals surface area contributed by atoms with Crippen molar-refractivity contribution in [3.8, 4) is 0 Å². The molecule has 3 rings (SSSR count). The van der Waals surface area contributed by atoms with E-state index in [1.165, 1.54) is 6.07 Å². The number of hydrogen-bond acceptors (Lipinski definition) is 2. The number of nitrogens with zero attached hydrogens (tertiary/aromatic N) is 2. The van der Waals surface area contributed by atoms with Crippen molar-refractivity contribution in [3.63, 3.8) is 0 Å². The second kappa shape index (κ2) is 5.30. The molecule has 3 nitrogen and oxygen atoms in total. The summed E-state index contributed by atoms with van der Waals surface area (Å²) in [5.41, 5.74) is 9.42. The van der Waals surface area contributed by atoms with E-state index in [0.29, 0.717) is 12.0 Å². The molecule has 108 valence electrons. The average molecular weight is 283 g/mol. The average Bonchev–Trinajstić information content (AvgIpc) is 2.78. The van der Waals surface area contributed by atoms with E-state index in [-0.39, 0.29) is 11.9 Å². The van der Waals surface area contributed by atoms with Crippen molar-refractivity contribution in [2.75, 3.05) is 0 Å². The van der Waals surface area contributed by atoms with E-state index < -0.39 is 0 Å². The molecule has 0 bridgehead atoms. The Morgan fingerprint density at radius 1 is 1.24 bits per heavy atom. The lowest BCUT2D eigenvalue weighted by Gasteiger charge is -2.09. The van der Waals surface area contributed by atoms with Crippen molar-refractivity contribution in [2.24, 2.45) is 12.8 Å². The lowest BCUT2D eigenvalue weighted by atomic mass is 10.0. The van der Waals surface area contributed by atoms with Gasteiger partial charge in [0, 0.05) is 19.5 Å². The molecule has 0 aliphatic heterocycles. The second-order valence-corrected chi connectivity index (χ2v) is 5.39. The normalized spacial score (nSPS) is 12.8. The Balaban J connectivity index is 2.02. The van der Waals surface area contributed by atoms with Gasteiger partial charge in [-0.1, -0.05) is 24.3 Å². The maximum absolute atomic E-state index is 14.0. The number of halogens is 1. The number of imidazole rings is 1. The smallest absolute Gasteiger partial charge is 0.126 e. The highest BCUT2D eigenvalue weighted by Crippen LogP contribution is 2.21. The van der Waals surface area contributed by atoms with Gasteiger partial charge >= 0.3 is 0 Å². The van der Waals surface area contributed by atoms with Crippen molar-refractivity contribution >= 4 is 11.0 Å². The molecule has 0 aliphatic carbocycles. The van der Waals surface area contributed by atoms with Crippen molar-refractivity contribution in [1.82, 2.24) is 9.55 Å². The quantitative estimate of drug-likeness (QED) is 0.801. The summed E-state index contributed by atoms with van der Waals surface area (Å²) in [7, 11) is 1.96. The van der Waals surface area contributed by atoms with Gasteiger partial charge in [-0.3, -0.25) is 0 Å². The lowest BCUT2D eigenvalue weighted by molar-refractivity contribution is 0.608. The first kappa shape index (κ1) is 13.8. The summed E-state index contributed by atoms with van der Waals surface area (Å²) >= 11 is 0. The van der Waals surface area contributed by atoms with Crippen LogP contribution in [-0.2, 0) is 13.5 Å². The van der Waals surface area contributed by atoms with Crippen LogP contribution in [0.4, 0.5) is 4.39 Å². The van der Waals surface area contributed by atoms with Crippen LogP contribution in [0.2, 0.25) is 0 Å². The predicted octanol–water partition coefficient (Wildman–Crippen LogP) is 3.32. The number of aryl methyl sites for hydroxylation is 1. The van der Waals surface area contributed by atoms with Crippen LogP contribution in [0.25, 0.3) is 11.0 Å². The molecule has 0 saturated carbocycles. The Hall–Kier alpha value is -2.20. The van der Waals surface area contributed by atoms with E-state index in [2.05, 4.69) is 4.98 Å². The molecule has 21 heavy (non-hydrogen) atoms. The maximum Gasteiger partial charge on any atom is 0.126 e. The zero-order valence-electron chi connectivity index (χ0n) is 12.2. The summed E-state index contributed by atoms with van der Waals surface area (Å²) in [4.78, 5) is 4.59. The van der Waals surface area contributed by atoms with Crippen LogP contribution in [0.5, 0.6) is 0 Å². The van der Waals surface area contributed by atoms with E-state index in [1.807, 2.05) is 48.9 Å².